The number of rotatable bonds is 1. The third kappa shape index (κ3) is 2.22. The second-order valence-corrected chi connectivity index (χ2v) is 5.60. The molecule has 0 fully saturated rings. The second-order valence-electron chi connectivity index (χ2n) is 4.62. The van der Waals surface area contributed by atoms with E-state index in [4.69, 9.17) is 0 Å². The van der Waals surface area contributed by atoms with Crippen LogP contribution in [0.25, 0.3) is 0 Å². The van der Waals surface area contributed by atoms with Gasteiger partial charge in [-0.05, 0) is 18.4 Å². The van der Waals surface area contributed by atoms with Gasteiger partial charge in [-0.15, -0.1) is 11.3 Å². The molecule has 2 atom stereocenters. The molecular formula is C12H12F3N3S. The van der Waals surface area contributed by atoms with Crippen LogP contribution >= 0.6 is 11.3 Å². The van der Waals surface area contributed by atoms with Crippen LogP contribution in [0.2, 0.25) is 0 Å². The molecule has 0 saturated carbocycles. The number of fused-ring (bicyclic) bond motifs is 1. The molecule has 3 rings (SSSR count). The molecule has 19 heavy (non-hydrogen) atoms. The van der Waals surface area contributed by atoms with Crippen LogP contribution < -0.4 is 5.32 Å². The molecule has 0 spiro atoms. The molecule has 7 heteroatoms. The molecule has 0 unspecified atom stereocenters. The number of aromatic nitrogens is 2. The Bertz CT molecular complexity index is 574. The van der Waals surface area contributed by atoms with Crippen LogP contribution in [-0.4, -0.2) is 16.0 Å². The van der Waals surface area contributed by atoms with Crippen LogP contribution in [-0.2, 0) is 0 Å². The summed E-state index contributed by atoms with van der Waals surface area (Å²) in [5.41, 5.74) is 0.587. The SMILES string of the molecule is Cc1cc2n(n1)[C@@H](C(F)(F)F)C[C@H](c1cccs1)N2. The van der Waals surface area contributed by atoms with E-state index in [1.165, 1.54) is 11.3 Å². The van der Waals surface area contributed by atoms with Gasteiger partial charge >= 0.3 is 6.18 Å². The van der Waals surface area contributed by atoms with Crippen molar-refractivity contribution in [1.82, 2.24) is 9.78 Å². The first-order valence-electron chi connectivity index (χ1n) is 5.88. The lowest BCUT2D eigenvalue weighted by molar-refractivity contribution is -0.173. The van der Waals surface area contributed by atoms with Crippen LogP contribution in [0.5, 0.6) is 0 Å². The molecule has 0 bridgehead atoms. The van der Waals surface area contributed by atoms with E-state index in [-0.39, 0.29) is 12.5 Å². The van der Waals surface area contributed by atoms with E-state index < -0.39 is 12.2 Å². The molecular weight excluding hydrogens is 275 g/mol. The topological polar surface area (TPSA) is 29.9 Å². The predicted octanol–water partition coefficient (Wildman–Crippen LogP) is 3.91. The zero-order valence-corrected chi connectivity index (χ0v) is 10.9. The van der Waals surface area contributed by atoms with Crippen molar-refractivity contribution in [3.05, 3.63) is 34.2 Å². The van der Waals surface area contributed by atoms with Crippen molar-refractivity contribution >= 4 is 17.2 Å². The standard InChI is InChI=1S/C12H12F3N3S/c1-7-5-11-16-8(9-3-2-4-19-9)6-10(12(13,14)15)18(11)17-7/h2-5,8,10,16H,6H2,1H3/t8-,10-/m1/s1. The lowest BCUT2D eigenvalue weighted by atomic mass is 10.0. The number of anilines is 1. The fraction of sp³-hybridized carbons (Fsp3) is 0.417. The van der Waals surface area contributed by atoms with Gasteiger partial charge in [0, 0.05) is 17.4 Å². The molecule has 3 nitrogen and oxygen atoms in total. The molecule has 2 aromatic rings. The van der Waals surface area contributed by atoms with Gasteiger partial charge in [0.1, 0.15) is 5.82 Å². The number of hydrogen-bond acceptors (Lipinski definition) is 3. The van der Waals surface area contributed by atoms with Crippen LogP contribution in [0.15, 0.2) is 23.6 Å². The van der Waals surface area contributed by atoms with E-state index in [9.17, 15) is 13.2 Å². The second kappa shape index (κ2) is 4.26. The van der Waals surface area contributed by atoms with E-state index in [0.29, 0.717) is 11.5 Å². The average Bonchev–Trinajstić information content (AvgIpc) is 2.92. The third-order valence-electron chi connectivity index (χ3n) is 3.20. The average molecular weight is 287 g/mol. The van der Waals surface area contributed by atoms with E-state index in [2.05, 4.69) is 10.4 Å². The Morgan fingerprint density at radius 1 is 1.47 bits per heavy atom. The first-order valence-corrected chi connectivity index (χ1v) is 6.76. The van der Waals surface area contributed by atoms with Crippen LogP contribution in [0, 0.1) is 6.92 Å². The summed E-state index contributed by atoms with van der Waals surface area (Å²) in [6.45, 7) is 1.70. The largest absolute Gasteiger partial charge is 0.410 e. The summed E-state index contributed by atoms with van der Waals surface area (Å²) in [6.07, 6.45) is -4.32. The summed E-state index contributed by atoms with van der Waals surface area (Å²) in [5, 5.41) is 8.96. The quantitative estimate of drug-likeness (QED) is 0.861. The monoisotopic (exact) mass is 287 g/mol. The number of aryl methyl sites for hydroxylation is 1. The summed E-state index contributed by atoms with van der Waals surface area (Å²) in [6, 6.07) is 3.48. The maximum absolute atomic E-state index is 13.2. The highest BCUT2D eigenvalue weighted by molar-refractivity contribution is 7.10. The molecule has 0 amide bonds. The summed E-state index contributed by atoms with van der Waals surface area (Å²) in [4.78, 5) is 0.916. The molecule has 1 aliphatic heterocycles. The highest BCUT2D eigenvalue weighted by Crippen LogP contribution is 2.44. The number of hydrogen-bond donors (Lipinski definition) is 1. The molecule has 1 N–H and O–H groups in total. The lowest BCUT2D eigenvalue weighted by Gasteiger charge is -2.32. The van der Waals surface area contributed by atoms with Gasteiger partial charge in [0.15, 0.2) is 6.04 Å². The van der Waals surface area contributed by atoms with Gasteiger partial charge in [-0.1, -0.05) is 6.07 Å². The Labute approximate surface area is 112 Å². The Balaban J connectivity index is 2.01. The number of thiophene rings is 1. The lowest BCUT2D eigenvalue weighted by Crippen LogP contribution is -2.35. The maximum atomic E-state index is 13.2. The molecule has 102 valence electrons. The summed E-state index contributed by atoms with van der Waals surface area (Å²) < 4.78 is 40.5. The molecule has 0 radical (unpaired) electrons. The zero-order chi connectivity index (χ0) is 13.6. The summed E-state index contributed by atoms with van der Waals surface area (Å²) >= 11 is 1.46. The smallest absolute Gasteiger partial charge is 0.363 e. The van der Waals surface area contributed by atoms with Crippen molar-refractivity contribution in [2.45, 2.75) is 31.6 Å². The highest BCUT2D eigenvalue weighted by atomic mass is 32.1. The van der Waals surface area contributed by atoms with Gasteiger partial charge in [0.25, 0.3) is 0 Å². The zero-order valence-electron chi connectivity index (χ0n) is 10.1. The number of alkyl halides is 3. The Kier molecular flexibility index (Phi) is 2.81. The van der Waals surface area contributed by atoms with Gasteiger partial charge in [-0.3, -0.25) is 0 Å². The van der Waals surface area contributed by atoms with Gasteiger partial charge in [0.05, 0.1) is 11.7 Å². The Hall–Kier alpha value is -1.50. The van der Waals surface area contributed by atoms with Crippen LogP contribution in [0.1, 0.15) is 29.1 Å². The highest BCUT2D eigenvalue weighted by Gasteiger charge is 2.46. The molecule has 0 aromatic carbocycles. The maximum Gasteiger partial charge on any atom is 0.410 e. The molecule has 3 heterocycles. The van der Waals surface area contributed by atoms with Crippen molar-refractivity contribution < 1.29 is 13.2 Å². The van der Waals surface area contributed by atoms with Crippen molar-refractivity contribution in [2.75, 3.05) is 5.32 Å². The van der Waals surface area contributed by atoms with Crippen molar-refractivity contribution in [3.63, 3.8) is 0 Å². The molecule has 0 aliphatic carbocycles. The Morgan fingerprint density at radius 3 is 2.89 bits per heavy atom. The fourth-order valence-corrected chi connectivity index (χ4v) is 3.16. The summed E-state index contributed by atoms with van der Waals surface area (Å²) in [7, 11) is 0. The van der Waals surface area contributed by atoms with E-state index in [1.54, 1.807) is 13.0 Å². The van der Waals surface area contributed by atoms with Gasteiger partial charge in [-0.25, -0.2) is 4.68 Å². The van der Waals surface area contributed by atoms with E-state index in [0.717, 1.165) is 9.56 Å². The van der Waals surface area contributed by atoms with E-state index in [1.807, 2.05) is 17.5 Å². The van der Waals surface area contributed by atoms with Crippen LogP contribution in [0.3, 0.4) is 0 Å². The van der Waals surface area contributed by atoms with Crippen LogP contribution in [0.4, 0.5) is 19.0 Å². The number of nitrogens with one attached hydrogen (secondary N) is 1. The fourth-order valence-electron chi connectivity index (χ4n) is 2.37. The van der Waals surface area contributed by atoms with Crippen molar-refractivity contribution in [3.8, 4) is 0 Å². The Morgan fingerprint density at radius 2 is 2.26 bits per heavy atom. The minimum atomic E-state index is -4.29. The van der Waals surface area contributed by atoms with E-state index >= 15 is 0 Å². The van der Waals surface area contributed by atoms with Gasteiger partial charge < -0.3 is 5.32 Å². The van der Waals surface area contributed by atoms with Crippen molar-refractivity contribution in [1.29, 1.82) is 0 Å². The normalized spacial score (nSPS) is 22.9. The van der Waals surface area contributed by atoms with Gasteiger partial charge in [0.2, 0.25) is 0 Å². The number of nitrogens with zero attached hydrogens (tertiary/aromatic N) is 2. The molecule has 1 aliphatic rings. The predicted molar refractivity (Wildman–Crippen MR) is 67.4 cm³/mol. The minimum Gasteiger partial charge on any atom is -0.363 e. The van der Waals surface area contributed by atoms with Crippen molar-refractivity contribution in [2.24, 2.45) is 0 Å². The van der Waals surface area contributed by atoms with Gasteiger partial charge in [-0.2, -0.15) is 18.3 Å². The molecule has 2 aromatic heterocycles. The third-order valence-corrected chi connectivity index (χ3v) is 4.18. The molecule has 0 saturated heterocycles. The minimum absolute atomic E-state index is 0.0296. The number of halogens is 3. The first-order chi connectivity index (χ1) is 8.95. The first kappa shape index (κ1) is 12.5. The summed E-state index contributed by atoms with van der Waals surface area (Å²) in [5.74, 6) is 0.435.